The third kappa shape index (κ3) is 2.32. The first-order valence-corrected chi connectivity index (χ1v) is 7.23. The van der Waals surface area contributed by atoms with Gasteiger partial charge < -0.3 is 0 Å². The largest absolute Gasteiger partial charge is 0.232 e. The zero-order chi connectivity index (χ0) is 11.9. The summed E-state index contributed by atoms with van der Waals surface area (Å²) in [5.41, 5.74) is 1.84. The molecule has 0 aliphatic heterocycles. The summed E-state index contributed by atoms with van der Waals surface area (Å²) in [7, 11) is 0. The van der Waals surface area contributed by atoms with Gasteiger partial charge in [0.2, 0.25) is 0 Å². The van der Waals surface area contributed by atoms with E-state index in [9.17, 15) is 0 Å². The summed E-state index contributed by atoms with van der Waals surface area (Å²) in [6.45, 7) is 3.85. The number of aromatic nitrogens is 2. The molecule has 2 aromatic heterocycles. The molecule has 0 spiro atoms. The van der Waals surface area contributed by atoms with Crippen molar-refractivity contribution in [2.24, 2.45) is 0 Å². The number of halogens is 3. The summed E-state index contributed by atoms with van der Waals surface area (Å²) in [5, 5.41) is 0.517. The van der Waals surface area contributed by atoms with Crippen molar-refractivity contribution in [3.05, 3.63) is 30.7 Å². The van der Waals surface area contributed by atoms with E-state index >= 15 is 0 Å². The molecule has 2 aromatic rings. The lowest BCUT2D eigenvalue weighted by molar-refractivity contribution is 1.08. The fourth-order valence-electron chi connectivity index (χ4n) is 1.16. The van der Waals surface area contributed by atoms with Crippen molar-refractivity contribution in [3.8, 4) is 10.7 Å². The van der Waals surface area contributed by atoms with Gasteiger partial charge in [-0.05, 0) is 51.8 Å². The molecule has 0 fully saturated rings. The molecule has 6 heteroatoms. The van der Waals surface area contributed by atoms with Crippen LogP contribution >= 0.6 is 54.8 Å². The molecule has 0 unspecified atom stereocenters. The number of hydrogen-bond donors (Lipinski definition) is 0. The first-order chi connectivity index (χ1) is 7.49. The number of rotatable bonds is 1. The predicted octanol–water partition coefficient (Wildman–Crippen LogP) is 5.00. The molecule has 2 rings (SSSR count). The van der Waals surface area contributed by atoms with Crippen LogP contribution in [0.4, 0.5) is 0 Å². The average molecular weight is 383 g/mol. The van der Waals surface area contributed by atoms with E-state index in [1.807, 2.05) is 19.9 Å². The second-order valence-corrected chi connectivity index (χ2v) is 6.86. The molecule has 0 aromatic carbocycles. The SMILES string of the molecule is Cc1nc(-c2cc(Br)c(Br)s2)nc(Cl)c1C. The Kier molecular flexibility index (Phi) is 3.69. The molecular formula is C10H7Br2ClN2S. The second-order valence-electron chi connectivity index (χ2n) is 3.28. The molecule has 2 nitrogen and oxygen atoms in total. The average Bonchev–Trinajstić information content (AvgIpc) is 2.55. The van der Waals surface area contributed by atoms with E-state index in [0.717, 1.165) is 24.4 Å². The molecular weight excluding hydrogens is 375 g/mol. The predicted molar refractivity (Wildman–Crippen MR) is 75.2 cm³/mol. The van der Waals surface area contributed by atoms with Crippen molar-refractivity contribution < 1.29 is 0 Å². The first kappa shape index (κ1) is 12.5. The lowest BCUT2D eigenvalue weighted by atomic mass is 10.3. The minimum atomic E-state index is 0.517. The van der Waals surface area contributed by atoms with Gasteiger partial charge >= 0.3 is 0 Å². The standard InChI is InChI=1S/C10H7Br2ClN2S/c1-4-5(2)14-10(15-9(4)13)7-3-6(11)8(12)16-7/h3H,1-2H3. The van der Waals surface area contributed by atoms with Crippen LogP contribution in [0.25, 0.3) is 10.7 Å². The molecule has 0 aliphatic carbocycles. The summed E-state index contributed by atoms with van der Waals surface area (Å²) in [6, 6.07) is 1.98. The highest BCUT2D eigenvalue weighted by Crippen LogP contribution is 2.37. The summed E-state index contributed by atoms with van der Waals surface area (Å²) in [4.78, 5) is 9.70. The van der Waals surface area contributed by atoms with Gasteiger partial charge in [0.05, 0.1) is 8.66 Å². The Labute approximate surface area is 119 Å². The Balaban J connectivity index is 2.56. The van der Waals surface area contributed by atoms with Crippen LogP contribution in [-0.4, -0.2) is 9.97 Å². The summed E-state index contributed by atoms with van der Waals surface area (Å²) < 4.78 is 2.03. The molecule has 0 saturated heterocycles. The highest BCUT2D eigenvalue weighted by molar-refractivity contribution is 9.13. The molecule has 0 bridgehead atoms. The number of hydrogen-bond acceptors (Lipinski definition) is 3. The Hall–Kier alpha value is 0.0300. The fraction of sp³-hybridized carbons (Fsp3) is 0.200. The van der Waals surface area contributed by atoms with E-state index in [1.165, 1.54) is 0 Å². The Bertz CT molecular complexity index is 511. The van der Waals surface area contributed by atoms with Crippen molar-refractivity contribution in [2.45, 2.75) is 13.8 Å². The zero-order valence-electron chi connectivity index (χ0n) is 8.51. The van der Waals surface area contributed by atoms with E-state index < -0.39 is 0 Å². The second kappa shape index (κ2) is 4.72. The lowest BCUT2D eigenvalue weighted by Gasteiger charge is -2.03. The minimum Gasteiger partial charge on any atom is -0.232 e. The van der Waals surface area contributed by atoms with Crippen molar-refractivity contribution in [2.75, 3.05) is 0 Å². The Morgan fingerprint density at radius 3 is 2.44 bits per heavy atom. The maximum absolute atomic E-state index is 6.05. The van der Waals surface area contributed by atoms with Crippen LogP contribution in [-0.2, 0) is 0 Å². The van der Waals surface area contributed by atoms with Gasteiger partial charge in [-0.1, -0.05) is 11.6 Å². The quantitative estimate of drug-likeness (QED) is 0.649. The number of thiophene rings is 1. The topological polar surface area (TPSA) is 25.8 Å². The van der Waals surface area contributed by atoms with Gasteiger partial charge in [0.1, 0.15) is 5.15 Å². The highest BCUT2D eigenvalue weighted by Gasteiger charge is 2.12. The van der Waals surface area contributed by atoms with Crippen molar-refractivity contribution in [3.63, 3.8) is 0 Å². The van der Waals surface area contributed by atoms with E-state index in [2.05, 4.69) is 41.8 Å². The summed E-state index contributed by atoms with van der Waals surface area (Å²) >= 11 is 14.5. The molecule has 0 amide bonds. The van der Waals surface area contributed by atoms with Crippen LogP contribution in [0.3, 0.4) is 0 Å². The molecule has 16 heavy (non-hydrogen) atoms. The highest BCUT2D eigenvalue weighted by atomic mass is 79.9. The van der Waals surface area contributed by atoms with Gasteiger partial charge in [-0.3, -0.25) is 0 Å². The van der Waals surface area contributed by atoms with Crippen LogP contribution in [0.15, 0.2) is 14.3 Å². The molecule has 0 aliphatic rings. The first-order valence-electron chi connectivity index (χ1n) is 4.45. The third-order valence-corrected chi connectivity index (χ3v) is 5.82. The maximum atomic E-state index is 6.05. The van der Waals surface area contributed by atoms with E-state index in [0.29, 0.717) is 11.0 Å². The maximum Gasteiger partial charge on any atom is 0.171 e. The van der Waals surface area contributed by atoms with Gasteiger partial charge in [-0.25, -0.2) is 9.97 Å². The van der Waals surface area contributed by atoms with Crippen LogP contribution in [0.5, 0.6) is 0 Å². The van der Waals surface area contributed by atoms with Crippen LogP contribution in [0.2, 0.25) is 5.15 Å². The zero-order valence-corrected chi connectivity index (χ0v) is 13.3. The molecule has 84 valence electrons. The Morgan fingerprint density at radius 2 is 1.94 bits per heavy atom. The van der Waals surface area contributed by atoms with Crippen LogP contribution < -0.4 is 0 Å². The van der Waals surface area contributed by atoms with E-state index in [1.54, 1.807) is 11.3 Å². The van der Waals surface area contributed by atoms with Crippen molar-refractivity contribution in [1.82, 2.24) is 9.97 Å². The van der Waals surface area contributed by atoms with Crippen molar-refractivity contribution in [1.29, 1.82) is 0 Å². The molecule has 2 heterocycles. The molecule has 0 atom stereocenters. The van der Waals surface area contributed by atoms with Gasteiger partial charge in [0.15, 0.2) is 5.82 Å². The monoisotopic (exact) mass is 380 g/mol. The van der Waals surface area contributed by atoms with E-state index in [4.69, 9.17) is 11.6 Å². The fourth-order valence-corrected chi connectivity index (χ4v) is 3.35. The smallest absolute Gasteiger partial charge is 0.171 e. The van der Waals surface area contributed by atoms with Crippen LogP contribution in [0.1, 0.15) is 11.3 Å². The summed E-state index contributed by atoms with van der Waals surface area (Å²) in [6.07, 6.45) is 0. The van der Waals surface area contributed by atoms with Gasteiger partial charge in [0, 0.05) is 15.7 Å². The lowest BCUT2D eigenvalue weighted by Crippen LogP contribution is -1.95. The normalized spacial score (nSPS) is 10.8. The van der Waals surface area contributed by atoms with Gasteiger partial charge in [0.25, 0.3) is 0 Å². The Morgan fingerprint density at radius 1 is 1.25 bits per heavy atom. The van der Waals surface area contributed by atoms with Gasteiger partial charge in [-0.2, -0.15) is 0 Å². The number of nitrogens with zero attached hydrogens (tertiary/aromatic N) is 2. The van der Waals surface area contributed by atoms with Crippen LogP contribution in [0, 0.1) is 13.8 Å². The number of aryl methyl sites for hydroxylation is 1. The van der Waals surface area contributed by atoms with E-state index in [-0.39, 0.29) is 0 Å². The molecule has 0 radical (unpaired) electrons. The summed E-state index contributed by atoms with van der Waals surface area (Å²) in [5.74, 6) is 0.671. The van der Waals surface area contributed by atoms with Gasteiger partial charge in [-0.15, -0.1) is 11.3 Å². The minimum absolute atomic E-state index is 0.517. The molecule has 0 N–H and O–H groups in total. The molecule has 0 saturated carbocycles. The van der Waals surface area contributed by atoms with Crippen molar-refractivity contribution >= 4 is 54.8 Å². The third-order valence-electron chi connectivity index (χ3n) is 2.20.